The summed E-state index contributed by atoms with van der Waals surface area (Å²) in [5.41, 5.74) is 9.60. The number of anilines is 1. The van der Waals surface area contributed by atoms with Gasteiger partial charge in [-0.15, -0.1) is 0 Å². The number of ether oxygens (including phenoxy) is 1. The molecule has 2 heterocycles. The van der Waals surface area contributed by atoms with E-state index in [9.17, 15) is 0 Å². The second kappa shape index (κ2) is 7.94. The lowest BCUT2D eigenvalue weighted by molar-refractivity contribution is 0.300. The van der Waals surface area contributed by atoms with Crippen molar-refractivity contribution in [2.24, 2.45) is 5.73 Å². The van der Waals surface area contributed by atoms with Gasteiger partial charge in [-0.1, -0.05) is 12.1 Å². The van der Waals surface area contributed by atoms with E-state index in [0.29, 0.717) is 19.0 Å². The molecule has 0 unspecified atom stereocenters. The SMILES string of the molecule is CN(C)c1ccc(-c2ccc3c(OCCCCN)nccc3n2)cc1. The van der Waals surface area contributed by atoms with Crippen molar-refractivity contribution in [3.05, 3.63) is 48.7 Å². The topological polar surface area (TPSA) is 64.3 Å². The first-order valence-electron chi connectivity index (χ1n) is 8.55. The first-order valence-corrected chi connectivity index (χ1v) is 8.55. The summed E-state index contributed by atoms with van der Waals surface area (Å²) in [6.45, 7) is 1.31. The molecule has 0 amide bonds. The van der Waals surface area contributed by atoms with Gasteiger partial charge in [0.05, 0.1) is 23.2 Å². The Morgan fingerprint density at radius 1 is 1.00 bits per heavy atom. The number of hydrogen-bond donors (Lipinski definition) is 1. The van der Waals surface area contributed by atoms with E-state index in [1.54, 1.807) is 6.20 Å². The number of benzene rings is 1. The van der Waals surface area contributed by atoms with E-state index in [-0.39, 0.29) is 0 Å². The highest BCUT2D eigenvalue weighted by Crippen LogP contribution is 2.27. The standard InChI is InChI=1S/C20H24N4O/c1-24(2)16-7-5-15(6-8-16)18-10-9-17-19(23-18)11-13-22-20(17)25-14-4-3-12-21/h5-11,13H,3-4,12,14,21H2,1-2H3. The number of pyridine rings is 2. The molecule has 1 aromatic carbocycles. The predicted molar refractivity (Wildman–Crippen MR) is 103 cm³/mol. The molecule has 2 N–H and O–H groups in total. The summed E-state index contributed by atoms with van der Waals surface area (Å²) < 4.78 is 5.80. The van der Waals surface area contributed by atoms with Gasteiger partial charge < -0.3 is 15.4 Å². The Balaban J connectivity index is 1.85. The third-order valence-corrected chi connectivity index (χ3v) is 4.10. The highest BCUT2D eigenvalue weighted by atomic mass is 16.5. The molecule has 5 nitrogen and oxygen atoms in total. The molecule has 0 spiro atoms. The molecular weight excluding hydrogens is 312 g/mol. The van der Waals surface area contributed by atoms with Gasteiger partial charge in [-0.3, -0.25) is 0 Å². The zero-order chi connectivity index (χ0) is 17.6. The summed E-state index contributed by atoms with van der Waals surface area (Å²) >= 11 is 0. The molecule has 0 radical (unpaired) electrons. The van der Waals surface area contributed by atoms with Gasteiger partial charge in [0.25, 0.3) is 0 Å². The van der Waals surface area contributed by atoms with Crippen LogP contribution in [0, 0.1) is 0 Å². The average Bonchev–Trinajstić information content (AvgIpc) is 2.65. The maximum absolute atomic E-state index is 5.80. The van der Waals surface area contributed by atoms with Crippen molar-refractivity contribution >= 4 is 16.6 Å². The van der Waals surface area contributed by atoms with E-state index in [4.69, 9.17) is 15.5 Å². The Morgan fingerprint density at radius 3 is 2.52 bits per heavy atom. The lowest BCUT2D eigenvalue weighted by atomic mass is 10.1. The van der Waals surface area contributed by atoms with E-state index in [2.05, 4.69) is 34.1 Å². The molecule has 2 aromatic heterocycles. The number of nitrogens with zero attached hydrogens (tertiary/aromatic N) is 3. The van der Waals surface area contributed by atoms with Crippen molar-refractivity contribution in [2.45, 2.75) is 12.8 Å². The van der Waals surface area contributed by atoms with E-state index in [1.165, 1.54) is 5.69 Å². The molecule has 3 rings (SSSR count). The van der Waals surface area contributed by atoms with Crippen LogP contribution in [0.15, 0.2) is 48.7 Å². The zero-order valence-electron chi connectivity index (χ0n) is 14.8. The highest BCUT2D eigenvalue weighted by molar-refractivity contribution is 5.85. The fourth-order valence-corrected chi connectivity index (χ4v) is 2.65. The summed E-state index contributed by atoms with van der Waals surface area (Å²) in [7, 11) is 4.07. The molecule has 130 valence electrons. The third kappa shape index (κ3) is 4.06. The Bertz CT molecular complexity index is 831. The smallest absolute Gasteiger partial charge is 0.222 e. The second-order valence-electron chi connectivity index (χ2n) is 6.16. The second-order valence-corrected chi connectivity index (χ2v) is 6.16. The number of aromatic nitrogens is 2. The van der Waals surface area contributed by atoms with Crippen LogP contribution in [0.3, 0.4) is 0 Å². The molecule has 0 atom stereocenters. The number of rotatable bonds is 7. The first-order chi connectivity index (χ1) is 12.2. The van der Waals surface area contributed by atoms with Crippen molar-refractivity contribution in [1.29, 1.82) is 0 Å². The molecule has 0 saturated heterocycles. The maximum atomic E-state index is 5.80. The molecule has 25 heavy (non-hydrogen) atoms. The van der Waals surface area contributed by atoms with Gasteiger partial charge in [-0.25, -0.2) is 9.97 Å². The lowest BCUT2D eigenvalue weighted by Crippen LogP contribution is -2.07. The van der Waals surface area contributed by atoms with E-state index >= 15 is 0 Å². The molecule has 0 aliphatic rings. The van der Waals surface area contributed by atoms with Gasteiger partial charge in [0.15, 0.2) is 0 Å². The van der Waals surface area contributed by atoms with Crippen molar-refractivity contribution in [3.8, 4) is 17.1 Å². The molecule has 0 aliphatic heterocycles. The van der Waals surface area contributed by atoms with Crippen LogP contribution >= 0.6 is 0 Å². The van der Waals surface area contributed by atoms with Crippen molar-refractivity contribution < 1.29 is 4.74 Å². The third-order valence-electron chi connectivity index (χ3n) is 4.10. The van der Waals surface area contributed by atoms with E-state index < -0.39 is 0 Å². The summed E-state index contributed by atoms with van der Waals surface area (Å²) in [5, 5.41) is 0.934. The molecular formula is C20H24N4O. The minimum atomic E-state index is 0.622. The van der Waals surface area contributed by atoms with Gasteiger partial charge in [-0.05, 0) is 49.7 Å². The average molecular weight is 336 g/mol. The normalized spacial score (nSPS) is 10.8. The highest BCUT2D eigenvalue weighted by Gasteiger charge is 2.07. The number of unbranched alkanes of at least 4 members (excludes halogenated alkanes) is 1. The fraction of sp³-hybridized carbons (Fsp3) is 0.300. The summed E-state index contributed by atoms with van der Waals surface area (Å²) in [6.07, 6.45) is 3.63. The Morgan fingerprint density at radius 2 is 1.80 bits per heavy atom. The van der Waals surface area contributed by atoms with Crippen molar-refractivity contribution in [3.63, 3.8) is 0 Å². The number of nitrogens with two attached hydrogens (primary N) is 1. The van der Waals surface area contributed by atoms with Gasteiger partial charge in [-0.2, -0.15) is 0 Å². The van der Waals surface area contributed by atoms with Gasteiger partial charge >= 0.3 is 0 Å². The Hall–Kier alpha value is -2.66. The fourth-order valence-electron chi connectivity index (χ4n) is 2.65. The summed E-state index contributed by atoms with van der Waals surface area (Å²) in [4.78, 5) is 11.2. The molecule has 0 saturated carbocycles. The molecule has 0 fully saturated rings. The quantitative estimate of drug-likeness (QED) is 0.669. The summed E-state index contributed by atoms with van der Waals surface area (Å²) in [5.74, 6) is 0.636. The van der Waals surface area contributed by atoms with Gasteiger partial charge in [0.2, 0.25) is 5.88 Å². The lowest BCUT2D eigenvalue weighted by Gasteiger charge is -2.13. The van der Waals surface area contributed by atoms with Crippen molar-refractivity contribution in [2.75, 3.05) is 32.1 Å². The molecule has 0 bridgehead atoms. The van der Waals surface area contributed by atoms with Crippen LogP contribution in [-0.4, -0.2) is 37.2 Å². The van der Waals surface area contributed by atoms with Crippen LogP contribution in [0.1, 0.15) is 12.8 Å². The van der Waals surface area contributed by atoms with E-state index in [1.807, 2.05) is 32.3 Å². The van der Waals surface area contributed by atoms with Crippen LogP contribution in [0.5, 0.6) is 5.88 Å². The summed E-state index contributed by atoms with van der Waals surface area (Å²) in [6, 6.07) is 14.3. The number of fused-ring (bicyclic) bond motifs is 1. The van der Waals surface area contributed by atoms with Crippen LogP contribution in [-0.2, 0) is 0 Å². The van der Waals surface area contributed by atoms with Gasteiger partial charge in [0, 0.05) is 31.5 Å². The maximum Gasteiger partial charge on any atom is 0.222 e. The minimum Gasteiger partial charge on any atom is -0.477 e. The number of hydrogen-bond acceptors (Lipinski definition) is 5. The first kappa shape index (κ1) is 17.2. The van der Waals surface area contributed by atoms with Gasteiger partial charge in [0.1, 0.15) is 0 Å². The molecule has 3 aromatic rings. The Kier molecular flexibility index (Phi) is 5.46. The predicted octanol–water partition coefficient (Wildman–Crippen LogP) is 3.48. The molecule has 0 aliphatic carbocycles. The molecule has 5 heteroatoms. The monoisotopic (exact) mass is 336 g/mol. The van der Waals surface area contributed by atoms with Crippen LogP contribution in [0.25, 0.3) is 22.2 Å². The minimum absolute atomic E-state index is 0.622. The largest absolute Gasteiger partial charge is 0.477 e. The van der Waals surface area contributed by atoms with Crippen LogP contribution < -0.4 is 15.4 Å². The van der Waals surface area contributed by atoms with Crippen molar-refractivity contribution in [1.82, 2.24) is 9.97 Å². The zero-order valence-corrected chi connectivity index (χ0v) is 14.8. The van der Waals surface area contributed by atoms with Crippen LogP contribution in [0.4, 0.5) is 5.69 Å². The van der Waals surface area contributed by atoms with E-state index in [0.717, 1.165) is 35.0 Å². The Labute approximate surface area is 148 Å². The van der Waals surface area contributed by atoms with Crippen LogP contribution in [0.2, 0.25) is 0 Å².